The number of nitrogens with one attached hydrogen (secondary N) is 1. The summed E-state index contributed by atoms with van der Waals surface area (Å²) in [5.41, 5.74) is 1.21. The molecule has 1 aromatic heterocycles. The molecule has 1 saturated heterocycles. The average Bonchev–Trinajstić information content (AvgIpc) is 2.77. The second-order valence-corrected chi connectivity index (χ2v) is 6.18. The van der Waals surface area contributed by atoms with E-state index in [9.17, 15) is 0 Å². The highest BCUT2D eigenvalue weighted by Gasteiger charge is 2.21. The van der Waals surface area contributed by atoms with E-state index < -0.39 is 0 Å². The highest BCUT2D eigenvalue weighted by molar-refractivity contribution is 7.09. The molecule has 18 heavy (non-hydrogen) atoms. The van der Waals surface area contributed by atoms with E-state index in [-0.39, 0.29) is 0 Å². The Hall–Kier alpha value is -0.490. The van der Waals surface area contributed by atoms with Crippen LogP contribution < -0.4 is 5.32 Å². The minimum Gasteiger partial charge on any atom is -0.314 e. The van der Waals surface area contributed by atoms with Gasteiger partial charge in [-0.15, -0.1) is 11.3 Å². The first kappa shape index (κ1) is 13.9. The fraction of sp³-hybridized carbons (Fsp3) is 0.769. The monoisotopic (exact) mass is 268 g/mol. The molecule has 1 atom stereocenters. The largest absolute Gasteiger partial charge is 0.314 e. The quantitative estimate of drug-likeness (QED) is 0.874. The third kappa shape index (κ3) is 3.75. The molecule has 2 rings (SSSR count). The zero-order valence-electron chi connectivity index (χ0n) is 11.6. The highest BCUT2D eigenvalue weighted by Crippen LogP contribution is 2.17. The highest BCUT2D eigenvalue weighted by atomic mass is 32.1. The first-order valence-corrected chi connectivity index (χ1v) is 7.53. The fourth-order valence-corrected chi connectivity index (χ4v) is 3.33. The molecule has 0 spiro atoms. The van der Waals surface area contributed by atoms with Crippen molar-refractivity contribution >= 4 is 11.3 Å². The number of aromatic nitrogens is 1. The maximum Gasteiger partial charge on any atom is 0.107 e. The molecule has 0 radical (unpaired) electrons. The summed E-state index contributed by atoms with van der Waals surface area (Å²) in [5, 5.41) is 6.52. The summed E-state index contributed by atoms with van der Waals surface area (Å²) < 4.78 is 0. The molecule has 0 amide bonds. The molecular formula is C13H24N4S. The number of thiazole rings is 1. The summed E-state index contributed by atoms with van der Waals surface area (Å²) >= 11 is 1.75. The van der Waals surface area contributed by atoms with Gasteiger partial charge in [-0.25, -0.2) is 4.98 Å². The van der Waals surface area contributed by atoms with Crippen molar-refractivity contribution in [2.75, 3.05) is 34.2 Å². The average molecular weight is 268 g/mol. The standard InChI is InChI=1S/C13H24N4S/c1-14-7-13-15-11(10-18-13)8-17(3)12-5-4-6-16(2)9-12/h10,12,14H,4-9H2,1-3H3. The predicted octanol–water partition coefficient (Wildman–Crippen LogP) is 1.39. The molecule has 0 bridgehead atoms. The lowest BCUT2D eigenvalue weighted by molar-refractivity contribution is 0.128. The number of likely N-dealkylation sites (tertiary alicyclic amines) is 1. The van der Waals surface area contributed by atoms with Gasteiger partial charge in [0.25, 0.3) is 0 Å². The first-order chi connectivity index (χ1) is 8.69. The van der Waals surface area contributed by atoms with Crippen LogP contribution in [0.5, 0.6) is 0 Å². The summed E-state index contributed by atoms with van der Waals surface area (Å²) in [4.78, 5) is 9.54. The molecule has 102 valence electrons. The third-order valence-electron chi connectivity index (χ3n) is 3.56. The van der Waals surface area contributed by atoms with E-state index in [2.05, 4.69) is 39.6 Å². The Labute approximate surface area is 114 Å². The van der Waals surface area contributed by atoms with Crippen molar-refractivity contribution in [2.24, 2.45) is 0 Å². The van der Waals surface area contributed by atoms with Crippen LogP contribution in [0.3, 0.4) is 0 Å². The molecule has 1 fully saturated rings. The van der Waals surface area contributed by atoms with E-state index >= 15 is 0 Å². The number of nitrogens with zero attached hydrogens (tertiary/aromatic N) is 3. The van der Waals surface area contributed by atoms with Crippen molar-refractivity contribution < 1.29 is 0 Å². The molecule has 0 saturated carbocycles. The molecular weight excluding hydrogens is 244 g/mol. The number of likely N-dealkylation sites (N-methyl/N-ethyl adjacent to an activating group) is 2. The zero-order chi connectivity index (χ0) is 13.0. The van der Waals surface area contributed by atoms with Crippen molar-refractivity contribution in [1.82, 2.24) is 20.1 Å². The van der Waals surface area contributed by atoms with Crippen molar-refractivity contribution in [3.63, 3.8) is 0 Å². The number of hydrogen-bond donors (Lipinski definition) is 1. The van der Waals surface area contributed by atoms with E-state index in [4.69, 9.17) is 0 Å². The topological polar surface area (TPSA) is 31.4 Å². The van der Waals surface area contributed by atoms with Crippen molar-refractivity contribution in [3.8, 4) is 0 Å². The van der Waals surface area contributed by atoms with Crippen LogP contribution in [0, 0.1) is 0 Å². The molecule has 1 aromatic rings. The molecule has 1 unspecified atom stereocenters. The van der Waals surface area contributed by atoms with E-state index in [0.717, 1.165) is 13.1 Å². The van der Waals surface area contributed by atoms with E-state index in [1.54, 1.807) is 11.3 Å². The molecule has 1 aliphatic rings. The lowest BCUT2D eigenvalue weighted by Crippen LogP contribution is -2.44. The minimum absolute atomic E-state index is 0.679. The van der Waals surface area contributed by atoms with Gasteiger partial charge in [0.1, 0.15) is 5.01 Å². The van der Waals surface area contributed by atoms with Gasteiger partial charge in [-0.2, -0.15) is 0 Å². The summed E-state index contributed by atoms with van der Waals surface area (Å²) in [6.07, 6.45) is 2.63. The second kappa shape index (κ2) is 6.61. The van der Waals surface area contributed by atoms with Crippen LogP contribution >= 0.6 is 11.3 Å². The number of hydrogen-bond acceptors (Lipinski definition) is 5. The normalized spacial score (nSPS) is 21.7. The van der Waals surface area contributed by atoms with Gasteiger partial charge in [0.15, 0.2) is 0 Å². The molecule has 1 N–H and O–H groups in total. The molecule has 4 nitrogen and oxygen atoms in total. The SMILES string of the molecule is CNCc1nc(CN(C)C2CCCN(C)C2)cs1. The summed E-state index contributed by atoms with van der Waals surface area (Å²) in [6.45, 7) is 4.27. The third-order valence-corrected chi connectivity index (χ3v) is 4.46. The van der Waals surface area contributed by atoms with Gasteiger partial charge >= 0.3 is 0 Å². The second-order valence-electron chi connectivity index (χ2n) is 5.24. The molecule has 1 aliphatic heterocycles. The Kier molecular flexibility index (Phi) is 5.12. The maximum atomic E-state index is 4.65. The van der Waals surface area contributed by atoms with Crippen LogP contribution in [-0.2, 0) is 13.1 Å². The van der Waals surface area contributed by atoms with Gasteiger partial charge < -0.3 is 10.2 Å². The van der Waals surface area contributed by atoms with Crippen molar-refractivity contribution in [3.05, 3.63) is 16.1 Å². The lowest BCUT2D eigenvalue weighted by Gasteiger charge is -2.35. The van der Waals surface area contributed by atoms with Gasteiger partial charge in [-0.3, -0.25) is 4.90 Å². The summed E-state index contributed by atoms with van der Waals surface area (Å²) in [5.74, 6) is 0. The minimum atomic E-state index is 0.679. The molecule has 5 heteroatoms. The lowest BCUT2D eigenvalue weighted by atomic mass is 10.1. The Balaban J connectivity index is 1.87. The van der Waals surface area contributed by atoms with Crippen LogP contribution in [0.4, 0.5) is 0 Å². The summed E-state index contributed by atoms with van der Waals surface area (Å²) in [6, 6.07) is 0.679. The Morgan fingerprint density at radius 1 is 1.61 bits per heavy atom. The summed E-state index contributed by atoms with van der Waals surface area (Å²) in [7, 11) is 6.40. The van der Waals surface area contributed by atoms with Crippen molar-refractivity contribution in [1.29, 1.82) is 0 Å². The van der Waals surface area contributed by atoms with E-state index in [1.807, 2.05) is 7.05 Å². The van der Waals surface area contributed by atoms with Gasteiger partial charge in [0.05, 0.1) is 5.69 Å². The van der Waals surface area contributed by atoms with Crippen LogP contribution in [-0.4, -0.2) is 55.1 Å². The van der Waals surface area contributed by atoms with Crippen molar-refractivity contribution in [2.45, 2.75) is 32.0 Å². The first-order valence-electron chi connectivity index (χ1n) is 6.65. The Morgan fingerprint density at radius 3 is 3.17 bits per heavy atom. The van der Waals surface area contributed by atoms with Gasteiger partial charge in [-0.05, 0) is 40.5 Å². The van der Waals surface area contributed by atoms with Gasteiger partial charge in [0, 0.05) is 31.1 Å². The van der Waals surface area contributed by atoms with Gasteiger partial charge in [0.2, 0.25) is 0 Å². The molecule has 0 aliphatic carbocycles. The number of piperidine rings is 1. The van der Waals surface area contributed by atoms with Crippen LogP contribution in [0.1, 0.15) is 23.5 Å². The molecule has 0 aromatic carbocycles. The van der Waals surface area contributed by atoms with E-state index in [1.165, 1.54) is 36.6 Å². The van der Waals surface area contributed by atoms with E-state index in [0.29, 0.717) is 6.04 Å². The van der Waals surface area contributed by atoms with Crippen LogP contribution in [0.25, 0.3) is 0 Å². The molecule has 2 heterocycles. The van der Waals surface area contributed by atoms with Crippen LogP contribution in [0.15, 0.2) is 5.38 Å². The smallest absolute Gasteiger partial charge is 0.107 e. The Morgan fingerprint density at radius 2 is 2.44 bits per heavy atom. The zero-order valence-corrected chi connectivity index (χ0v) is 12.5. The van der Waals surface area contributed by atoms with Crippen LogP contribution in [0.2, 0.25) is 0 Å². The van der Waals surface area contributed by atoms with Gasteiger partial charge in [-0.1, -0.05) is 0 Å². The maximum absolute atomic E-state index is 4.65. The number of rotatable bonds is 5. The predicted molar refractivity (Wildman–Crippen MR) is 76.9 cm³/mol. The Bertz CT molecular complexity index is 366. The fourth-order valence-electron chi connectivity index (χ4n) is 2.54.